The van der Waals surface area contributed by atoms with Crippen molar-refractivity contribution in [1.82, 2.24) is 0 Å². The third-order valence-corrected chi connectivity index (χ3v) is 1.86. The first kappa shape index (κ1) is 9.37. The lowest BCUT2D eigenvalue weighted by Gasteiger charge is -2.03. The van der Waals surface area contributed by atoms with E-state index in [-0.39, 0.29) is 0 Å². The summed E-state index contributed by atoms with van der Waals surface area (Å²) in [5.41, 5.74) is 0. The number of methoxy groups -OCH3 is 1. The van der Waals surface area contributed by atoms with Crippen molar-refractivity contribution in [2.45, 2.75) is 0 Å². The Morgan fingerprint density at radius 2 is 2.00 bits per heavy atom. The molecule has 0 heterocycles. The third-order valence-electron chi connectivity index (χ3n) is 1.05. The van der Waals surface area contributed by atoms with E-state index < -0.39 is 0 Å². The van der Waals surface area contributed by atoms with Crippen molar-refractivity contribution in [1.29, 1.82) is 0 Å². The zero-order valence-electron chi connectivity index (χ0n) is 6.39. The molecular formula is C8H12OS. The maximum absolute atomic E-state index is 5.01. The van der Waals surface area contributed by atoms with Crippen molar-refractivity contribution in [3.8, 4) is 0 Å². The molecule has 0 saturated carbocycles. The van der Waals surface area contributed by atoms with Crippen LogP contribution in [0.25, 0.3) is 0 Å². The lowest BCUT2D eigenvalue weighted by atomic mass is 10.4. The zero-order chi connectivity index (χ0) is 7.98. The molecule has 0 aromatic carbocycles. The summed E-state index contributed by atoms with van der Waals surface area (Å²) in [5, 5.41) is 0. The first-order chi connectivity index (χ1) is 4.79. The Bertz CT molecular complexity index is 141. The first-order valence-corrected chi connectivity index (χ1v) is 4.09. The van der Waals surface area contributed by atoms with Gasteiger partial charge in [-0.1, -0.05) is 19.2 Å². The molecule has 0 fully saturated rings. The first-order valence-electron chi connectivity index (χ1n) is 2.87. The van der Waals surface area contributed by atoms with Crippen LogP contribution < -0.4 is 0 Å². The normalized spacial score (nSPS) is 11.8. The Labute approximate surface area is 66.5 Å². The Balaban J connectivity index is 4.50. The second kappa shape index (κ2) is 5.18. The Morgan fingerprint density at radius 3 is 2.10 bits per heavy atom. The second-order valence-electron chi connectivity index (χ2n) is 1.54. The molecular weight excluding hydrogens is 144 g/mol. The molecule has 0 aromatic rings. The molecule has 0 saturated heterocycles. The highest BCUT2D eigenvalue weighted by molar-refractivity contribution is 8.02. The van der Waals surface area contributed by atoms with Gasteiger partial charge in [0.05, 0.1) is 7.11 Å². The molecule has 1 nitrogen and oxygen atoms in total. The minimum absolute atomic E-state index is 0.780. The average molecular weight is 156 g/mol. The van der Waals surface area contributed by atoms with Crippen LogP contribution in [0.3, 0.4) is 0 Å². The summed E-state index contributed by atoms with van der Waals surface area (Å²) in [4.78, 5) is 1.01. The van der Waals surface area contributed by atoms with Crippen LogP contribution in [0.4, 0.5) is 0 Å². The van der Waals surface area contributed by atoms with Gasteiger partial charge in [0.1, 0.15) is 5.76 Å². The molecule has 0 aliphatic heterocycles. The summed E-state index contributed by atoms with van der Waals surface area (Å²) in [5.74, 6) is 0.780. The third kappa shape index (κ3) is 2.31. The molecule has 2 heteroatoms. The zero-order valence-corrected chi connectivity index (χ0v) is 7.20. The summed E-state index contributed by atoms with van der Waals surface area (Å²) >= 11 is 1.59. The molecule has 10 heavy (non-hydrogen) atoms. The van der Waals surface area contributed by atoms with Crippen LogP contribution in [0.15, 0.2) is 36.0 Å². The topological polar surface area (TPSA) is 9.23 Å². The maximum atomic E-state index is 5.01. The highest BCUT2D eigenvalue weighted by atomic mass is 32.2. The summed E-state index contributed by atoms with van der Waals surface area (Å²) in [6.07, 6.45) is 5.40. The number of rotatable bonds is 4. The number of allylic oxidation sites excluding steroid dienone is 2. The summed E-state index contributed by atoms with van der Waals surface area (Å²) in [7, 11) is 1.62. The molecule has 0 atom stereocenters. The van der Waals surface area contributed by atoms with Crippen molar-refractivity contribution >= 4 is 11.8 Å². The summed E-state index contributed by atoms with van der Waals surface area (Å²) in [6, 6.07) is 0. The van der Waals surface area contributed by atoms with E-state index in [9.17, 15) is 0 Å². The molecule has 0 rings (SSSR count). The monoisotopic (exact) mass is 156 g/mol. The van der Waals surface area contributed by atoms with Gasteiger partial charge >= 0.3 is 0 Å². The van der Waals surface area contributed by atoms with Crippen molar-refractivity contribution in [2.75, 3.05) is 13.4 Å². The molecule has 0 aromatic heterocycles. The molecule has 0 N–H and O–H groups in total. The maximum Gasteiger partial charge on any atom is 0.131 e. The average Bonchev–Trinajstić information content (AvgIpc) is 2.00. The van der Waals surface area contributed by atoms with Gasteiger partial charge in [-0.2, -0.15) is 0 Å². The number of ether oxygens (including phenoxy) is 1. The van der Waals surface area contributed by atoms with E-state index in [0.29, 0.717) is 0 Å². The minimum atomic E-state index is 0.780. The van der Waals surface area contributed by atoms with Crippen LogP contribution in [0.1, 0.15) is 0 Å². The highest BCUT2D eigenvalue weighted by Gasteiger charge is 1.96. The fourth-order valence-corrected chi connectivity index (χ4v) is 1.10. The quantitative estimate of drug-likeness (QED) is 0.457. The van der Waals surface area contributed by atoms with Gasteiger partial charge in [-0.15, -0.1) is 11.8 Å². The smallest absolute Gasteiger partial charge is 0.131 e. The number of hydrogen-bond acceptors (Lipinski definition) is 2. The Hall–Kier alpha value is -0.630. The van der Waals surface area contributed by atoms with Gasteiger partial charge in [0, 0.05) is 4.91 Å². The van der Waals surface area contributed by atoms with E-state index in [1.165, 1.54) is 0 Å². The Kier molecular flexibility index (Phi) is 4.85. The van der Waals surface area contributed by atoms with E-state index in [0.717, 1.165) is 10.7 Å². The van der Waals surface area contributed by atoms with Crippen molar-refractivity contribution in [3.63, 3.8) is 0 Å². The van der Waals surface area contributed by atoms with Gasteiger partial charge in [-0.05, 0) is 12.3 Å². The van der Waals surface area contributed by atoms with E-state index in [4.69, 9.17) is 4.74 Å². The molecule has 0 unspecified atom stereocenters. The van der Waals surface area contributed by atoms with Gasteiger partial charge in [-0.3, -0.25) is 0 Å². The van der Waals surface area contributed by atoms with E-state index in [2.05, 4.69) is 13.2 Å². The lowest BCUT2D eigenvalue weighted by molar-refractivity contribution is 0.306. The predicted molar refractivity (Wildman–Crippen MR) is 47.9 cm³/mol. The molecule has 0 aliphatic rings. The van der Waals surface area contributed by atoms with Crippen LogP contribution in [-0.2, 0) is 4.74 Å². The SMILES string of the molecule is C=C/C(OC)=C(\C=C)SC. The van der Waals surface area contributed by atoms with Gasteiger partial charge < -0.3 is 4.74 Å². The fraction of sp³-hybridized carbons (Fsp3) is 0.250. The molecule has 0 bridgehead atoms. The van der Waals surface area contributed by atoms with Crippen molar-refractivity contribution in [3.05, 3.63) is 36.0 Å². The summed E-state index contributed by atoms with van der Waals surface area (Å²) in [6.45, 7) is 7.25. The van der Waals surface area contributed by atoms with Crippen LogP contribution in [0, 0.1) is 0 Å². The largest absolute Gasteiger partial charge is 0.496 e. The fourth-order valence-electron chi connectivity index (χ4n) is 0.569. The molecule has 0 radical (unpaired) electrons. The number of hydrogen-bond donors (Lipinski definition) is 0. The van der Waals surface area contributed by atoms with Crippen molar-refractivity contribution in [2.24, 2.45) is 0 Å². The van der Waals surface area contributed by atoms with E-state index in [1.54, 1.807) is 31.0 Å². The number of thioether (sulfide) groups is 1. The van der Waals surface area contributed by atoms with Crippen LogP contribution in [0.5, 0.6) is 0 Å². The minimum Gasteiger partial charge on any atom is -0.496 e. The van der Waals surface area contributed by atoms with Gasteiger partial charge in [0.2, 0.25) is 0 Å². The lowest BCUT2D eigenvalue weighted by Crippen LogP contribution is -1.84. The van der Waals surface area contributed by atoms with E-state index in [1.807, 2.05) is 6.26 Å². The predicted octanol–water partition coefficient (Wildman–Crippen LogP) is 2.58. The highest BCUT2D eigenvalue weighted by Crippen LogP contribution is 2.18. The summed E-state index contributed by atoms with van der Waals surface area (Å²) < 4.78 is 5.01. The molecule has 0 amide bonds. The van der Waals surface area contributed by atoms with Crippen molar-refractivity contribution < 1.29 is 4.74 Å². The van der Waals surface area contributed by atoms with E-state index >= 15 is 0 Å². The van der Waals surface area contributed by atoms with Gasteiger partial charge in [0.25, 0.3) is 0 Å². The standard InChI is InChI=1S/C8H12OS/c1-5-7(9-3)8(6-2)10-4/h5-6H,1-2H2,3-4H3/b8-7-. The molecule has 0 aliphatic carbocycles. The van der Waals surface area contributed by atoms with Gasteiger partial charge in [0.15, 0.2) is 0 Å². The second-order valence-corrected chi connectivity index (χ2v) is 2.39. The molecule has 56 valence electrons. The van der Waals surface area contributed by atoms with Crippen LogP contribution >= 0.6 is 11.8 Å². The molecule has 0 spiro atoms. The van der Waals surface area contributed by atoms with Gasteiger partial charge in [-0.25, -0.2) is 0 Å². The Morgan fingerprint density at radius 1 is 1.40 bits per heavy atom. The van der Waals surface area contributed by atoms with Crippen LogP contribution in [-0.4, -0.2) is 13.4 Å². The van der Waals surface area contributed by atoms with Crippen LogP contribution in [0.2, 0.25) is 0 Å².